The van der Waals surface area contributed by atoms with Gasteiger partial charge >= 0.3 is 0 Å². The average molecular weight is 422 g/mol. The number of nitrogens with one attached hydrogen (secondary N) is 2. The fourth-order valence-corrected chi connectivity index (χ4v) is 4.25. The first kappa shape index (κ1) is 18.6. The van der Waals surface area contributed by atoms with Crippen LogP contribution in [-0.2, 0) is 10.2 Å². The van der Waals surface area contributed by atoms with Crippen molar-refractivity contribution in [3.8, 4) is 0 Å². The number of carbonyl (C=O) groups is 1. The van der Waals surface area contributed by atoms with Crippen LogP contribution in [0, 0.1) is 0 Å². The number of aliphatic imine (C=N–C) groups is 2. The fourth-order valence-electron chi connectivity index (χ4n) is 4.25. The summed E-state index contributed by atoms with van der Waals surface area (Å²) in [4.78, 5) is 25.8. The van der Waals surface area contributed by atoms with Crippen molar-refractivity contribution in [2.75, 3.05) is 10.6 Å². The summed E-state index contributed by atoms with van der Waals surface area (Å²) in [5, 5.41) is 12.1. The molecule has 3 aromatic rings. The third kappa shape index (κ3) is 2.63. The van der Waals surface area contributed by atoms with Crippen LogP contribution in [0.2, 0.25) is 0 Å². The van der Waals surface area contributed by atoms with Crippen molar-refractivity contribution < 1.29 is 4.79 Å². The molecule has 156 valence electrons. The molecule has 3 aliphatic rings. The number of aromatic nitrogens is 1. The molecule has 3 aliphatic heterocycles. The van der Waals surface area contributed by atoms with E-state index in [0.29, 0.717) is 11.8 Å². The molecule has 2 N–H and O–H groups in total. The van der Waals surface area contributed by atoms with Crippen molar-refractivity contribution in [3.63, 3.8) is 0 Å². The lowest BCUT2D eigenvalue weighted by Crippen LogP contribution is -2.44. The monoisotopic (exact) mass is 422 g/mol. The Bertz CT molecular complexity index is 1430. The van der Waals surface area contributed by atoms with E-state index in [0.717, 1.165) is 33.5 Å². The molecule has 0 radical (unpaired) electrons. The maximum Gasteiger partial charge on any atom is 0.287 e. The van der Waals surface area contributed by atoms with Gasteiger partial charge in [0.1, 0.15) is 6.21 Å². The molecule has 0 saturated heterocycles. The van der Waals surface area contributed by atoms with Crippen LogP contribution in [0.3, 0.4) is 0 Å². The van der Waals surface area contributed by atoms with Gasteiger partial charge in [0.2, 0.25) is 5.91 Å². The van der Waals surface area contributed by atoms with Crippen LogP contribution in [0.5, 0.6) is 0 Å². The third-order valence-electron chi connectivity index (χ3n) is 6.12. The fraction of sp³-hybridized carbons (Fsp3) is 0.125. The quantitative estimate of drug-likeness (QED) is 0.609. The van der Waals surface area contributed by atoms with E-state index < -0.39 is 5.41 Å². The molecule has 1 amide bonds. The number of nitrogens with zero attached hydrogens (tertiary/aromatic N) is 5. The van der Waals surface area contributed by atoms with Gasteiger partial charge in [-0.15, -0.1) is 0 Å². The molecule has 0 saturated carbocycles. The van der Waals surface area contributed by atoms with E-state index in [4.69, 9.17) is 5.10 Å². The van der Waals surface area contributed by atoms with Crippen molar-refractivity contribution in [1.82, 2.24) is 9.58 Å². The Morgan fingerprint density at radius 3 is 2.88 bits per heavy atom. The molecular weight excluding hydrogens is 402 g/mol. The number of hydrogen-bond donors (Lipinski definition) is 2. The molecule has 6 rings (SSSR count). The molecule has 1 aromatic heterocycles. The summed E-state index contributed by atoms with van der Waals surface area (Å²) in [5.74, 6) is 1.12. The lowest BCUT2D eigenvalue weighted by atomic mass is 9.86. The van der Waals surface area contributed by atoms with Gasteiger partial charge in [0.15, 0.2) is 11.9 Å². The second-order valence-corrected chi connectivity index (χ2v) is 8.51. The second-order valence-electron chi connectivity index (χ2n) is 8.51. The first-order valence-corrected chi connectivity index (χ1v) is 10.3. The van der Waals surface area contributed by atoms with E-state index in [1.165, 1.54) is 0 Å². The minimum atomic E-state index is -0.542. The topological polar surface area (TPSA) is 91.1 Å². The van der Waals surface area contributed by atoms with Crippen LogP contribution in [0.15, 0.2) is 82.2 Å². The Morgan fingerprint density at radius 2 is 1.97 bits per heavy atom. The van der Waals surface area contributed by atoms with Crippen LogP contribution in [0.4, 0.5) is 17.1 Å². The van der Waals surface area contributed by atoms with Crippen molar-refractivity contribution in [3.05, 3.63) is 72.7 Å². The lowest BCUT2D eigenvalue weighted by molar-refractivity contribution is -0.119. The van der Waals surface area contributed by atoms with E-state index in [1.807, 2.05) is 68.7 Å². The van der Waals surface area contributed by atoms with Gasteiger partial charge in [-0.2, -0.15) is 4.99 Å². The number of fused-ring (bicyclic) bond motifs is 3. The summed E-state index contributed by atoms with van der Waals surface area (Å²) in [6, 6.07) is 15.9. The normalized spacial score (nSPS) is 22.2. The molecular formula is C24H20N7O+. The zero-order valence-electron chi connectivity index (χ0n) is 17.6. The average Bonchev–Trinajstić information content (AvgIpc) is 3.27. The smallest absolute Gasteiger partial charge is 0.287 e. The van der Waals surface area contributed by atoms with Gasteiger partial charge in [0.05, 0.1) is 23.3 Å². The van der Waals surface area contributed by atoms with E-state index >= 15 is 0 Å². The standard InChI is InChI=1S/C24H19N7O/c1-24(2)18-8-7-16(12-20(18)28-22(24)32)27-23-29-21-14-25-9-10-31(21,30-23)17-11-15-5-3-4-6-19(15)26-13-17/h3-14H,1-2H3,(H-,27,28,30,32)/p+1. The van der Waals surface area contributed by atoms with Crippen LogP contribution in [0.25, 0.3) is 10.9 Å². The first-order valence-electron chi connectivity index (χ1n) is 10.3. The molecule has 1 unspecified atom stereocenters. The molecule has 0 fully saturated rings. The number of carbonyl (C=O) groups excluding carboxylic acids is 1. The van der Waals surface area contributed by atoms with Crippen molar-refractivity contribution in [2.24, 2.45) is 15.1 Å². The van der Waals surface area contributed by atoms with Crippen molar-refractivity contribution in [2.45, 2.75) is 19.3 Å². The van der Waals surface area contributed by atoms with Gasteiger partial charge in [-0.05, 0) is 42.7 Å². The van der Waals surface area contributed by atoms with Gasteiger partial charge < -0.3 is 10.6 Å². The number of amides is 1. The predicted octanol–water partition coefficient (Wildman–Crippen LogP) is 4.12. The van der Waals surface area contributed by atoms with Crippen LogP contribution in [-0.4, -0.2) is 28.9 Å². The first-order chi connectivity index (χ1) is 15.5. The van der Waals surface area contributed by atoms with Crippen molar-refractivity contribution >= 4 is 51.9 Å². The Morgan fingerprint density at radius 1 is 1.09 bits per heavy atom. The van der Waals surface area contributed by atoms with E-state index in [2.05, 4.69) is 31.7 Å². The van der Waals surface area contributed by atoms with Gasteiger partial charge in [0, 0.05) is 22.8 Å². The second kappa shape index (κ2) is 6.41. The number of anilines is 2. The van der Waals surface area contributed by atoms with Gasteiger partial charge in [-0.3, -0.25) is 9.79 Å². The number of rotatable bonds is 2. The SMILES string of the molecule is CC1(C)C(=O)Nc2cc(NC3=N[N+]4(c5cnc6ccccc6c5)C=CN=CC4=N3)ccc21. The van der Waals surface area contributed by atoms with E-state index in [1.54, 1.807) is 12.4 Å². The maximum atomic E-state index is 12.3. The number of benzene rings is 2. The molecule has 2 aromatic carbocycles. The van der Waals surface area contributed by atoms with Crippen molar-refractivity contribution in [1.29, 1.82) is 0 Å². The molecule has 8 nitrogen and oxygen atoms in total. The summed E-state index contributed by atoms with van der Waals surface area (Å²) >= 11 is 0. The number of quaternary nitrogens is 1. The molecule has 32 heavy (non-hydrogen) atoms. The molecule has 1 atom stereocenters. The Labute approximate surface area is 184 Å². The highest BCUT2D eigenvalue weighted by Gasteiger charge is 2.43. The Kier molecular flexibility index (Phi) is 3.73. The van der Waals surface area contributed by atoms with Crippen LogP contribution in [0.1, 0.15) is 19.4 Å². The number of amidine groups is 1. The third-order valence-corrected chi connectivity index (χ3v) is 6.12. The lowest BCUT2D eigenvalue weighted by Gasteiger charge is -2.23. The number of guanidine groups is 1. The number of para-hydroxylation sites is 1. The molecule has 0 bridgehead atoms. The van der Waals surface area contributed by atoms with Gasteiger partial charge in [-0.25, -0.2) is 4.98 Å². The van der Waals surface area contributed by atoms with E-state index in [9.17, 15) is 4.79 Å². The largest absolute Gasteiger partial charge is 0.325 e. The summed E-state index contributed by atoms with van der Waals surface area (Å²) in [7, 11) is 0. The number of hydrogen-bond acceptors (Lipinski definition) is 6. The van der Waals surface area contributed by atoms with Crippen LogP contribution < -0.4 is 15.2 Å². The predicted molar refractivity (Wildman–Crippen MR) is 128 cm³/mol. The van der Waals surface area contributed by atoms with Gasteiger partial charge in [0.25, 0.3) is 11.8 Å². The maximum absolute atomic E-state index is 12.3. The van der Waals surface area contributed by atoms with Crippen LogP contribution >= 0.6 is 0 Å². The summed E-state index contributed by atoms with van der Waals surface area (Å²) in [6.45, 7) is 3.84. The summed E-state index contributed by atoms with van der Waals surface area (Å²) in [6.07, 6.45) is 7.12. The highest BCUT2D eigenvalue weighted by atomic mass is 16.2. The number of pyridine rings is 1. The highest BCUT2D eigenvalue weighted by Crippen LogP contribution is 2.39. The minimum absolute atomic E-state index is 0.00473. The molecule has 4 heterocycles. The van der Waals surface area contributed by atoms with E-state index in [-0.39, 0.29) is 10.5 Å². The minimum Gasteiger partial charge on any atom is -0.325 e. The molecule has 0 spiro atoms. The summed E-state index contributed by atoms with van der Waals surface area (Å²) < 4.78 is 0.0539. The van der Waals surface area contributed by atoms with Gasteiger partial charge in [-0.1, -0.05) is 28.9 Å². The summed E-state index contributed by atoms with van der Waals surface area (Å²) in [5.41, 5.74) is 3.82. The Hall–Kier alpha value is -4.17. The zero-order chi connectivity index (χ0) is 21.9. The highest BCUT2D eigenvalue weighted by molar-refractivity contribution is 6.38. The molecule has 8 heteroatoms. The Balaban J connectivity index is 1.38. The zero-order valence-corrected chi connectivity index (χ0v) is 17.6. The molecule has 0 aliphatic carbocycles.